The van der Waals surface area contributed by atoms with Crippen molar-refractivity contribution < 1.29 is 17.9 Å². The van der Waals surface area contributed by atoms with Crippen molar-refractivity contribution in [1.82, 2.24) is 14.8 Å². The van der Waals surface area contributed by atoms with Crippen LogP contribution in [0.2, 0.25) is 0 Å². The fourth-order valence-corrected chi connectivity index (χ4v) is 2.72. The molecule has 0 aromatic carbocycles. The van der Waals surface area contributed by atoms with Crippen LogP contribution < -0.4 is 14.8 Å². The van der Waals surface area contributed by atoms with Crippen LogP contribution in [0.3, 0.4) is 0 Å². The highest BCUT2D eigenvalue weighted by Gasteiger charge is 2.24. The number of rotatable bonds is 4. The Bertz CT molecular complexity index is 357. The monoisotopic (exact) mass is 265 g/mol. The van der Waals surface area contributed by atoms with E-state index >= 15 is 0 Å². The molecule has 3 N–H and O–H groups in total. The molecule has 0 aliphatic carbocycles. The molecule has 8 heteroatoms. The molecule has 1 heterocycles. The number of carbonyl (C=O) groups is 1. The van der Waals surface area contributed by atoms with E-state index in [2.05, 4.69) is 14.8 Å². The van der Waals surface area contributed by atoms with E-state index in [1.54, 1.807) is 11.6 Å². The molecule has 1 saturated heterocycles. The summed E-state index contributed by atoms with van der Waals surface area (Å²) in [4.78, 5) is 11.0. The lowest BCUT2D eigenvalue weighted by atomic mass is 9.99. The zero-order chi connectivity index (χ0) is 12.9. The van der Waals surface area contributed by atoms with E-state index in [0.29, 0.717) is 12.5 Å². The number of piperidine rings is 1. The Labute approximate surface area is 101 Å². The SMILES string of the molecule is CCOC(=O)NS(=O)(=O)NC1CNCC(C)C1. The second kappa shape index (κ2) is 6.18. The molecular formula is C9H19N3O4S. The number of amides is 1. The number of ether oxygens (including phenoxy) is 1. The fraction of sp³-hybridized carbons (Fsp3) is 0.889. The van der Waals surface area contributed by atoms with Gasteiger partial charge in [0.1, 0.15) is 0 Å². The summed E-state index contributed by atoms with van der Waals surface area (Å²) in [6.07, 6.45) is -0.215. The molecule has 100 valence electrons. The molecule has 2 atom stereocenters. The molecule has 17 heavy (non-hydrogen) atoms. The van der Waals surface area contributed by atoms with Gasteiger partial charge < -0.3 is 10.1 Å². The predicted octanol–water partition coefficient (Wildman–Crippen LogP) is -0.435. The van der Waals surface area contributed by atoms with Crippen molar-refractivity contribution in [3.8, 4) is 0 Å². The molecule has 1 rings (SSSR count). The van der Waals surface area contributed by atoms with Crippen LogP contribution in [0.4, 0.5) is 4.79 Å². The Hall–Kier alpha value is -0.860. The van der Waals surface area contributed by atoms with Gasteiger partial charge in [0.25, 0.3) is 0 Å². The van der Waals surface area contributed by atoms with Gasteiger partial charge in [-0.25, -0.2) is 9.52 Å². The summed E-state index contributed by atoms with van der Waals surface area (Å²) >= 11 is 0. The highest BCUT2D eigenvalue weighted by atomic mass is 32.2. The van der Waals surface area contributed by atoms with Gasteiger partial charge in [-0.2, -0.15) is 13.1 Å². The second-order valence-corrected chi connectivity index (χ2v) is 5.59. The van der Waals surface area contributed by atoms with E-state index in [0.717, 1.165) is 13.0 Å². The van der Waals surface area contributed by atoms with Crippen molar-refractivity contribution in [2.75, 3.05) is 19.7 Å². The molecule has 2 unspecified atom stereocenters. The van der Waals surface area contributed by atoms with E-state index in [9.17, 15) is 13.2 Å². The van der Waals surface area contributed by atoms with Gasteiger partial charge in [0.15, 0.2) is 0 Å². The first kappa shape index (κ1) is 14.2. The summed E-state index contributed by atoms with van der Waals surface area (Å²) in [7, 11) is -3.84. The number of nitrogens with one attached hydrogen (secondary N) is 3. The summed E-state index contributed by atoms with van der Waals surface area (Å²) in [6.45, 7) is 5.21. The van der Waals surface area contributed by atoms with Crippen LogP contribution in [0.25, 0.3) is 0 Å². The van der Waals surface area contributed by atoms with Crippen molar-refractivity contribution >= 4 is 16.3 Å². The minimum Gasteiger partial charge on any atom is -0.449 e. The molecule has 1 amide bonds. The molecule has 0 saturated carbocycles. The average molecular weight is 265 g/mol. The molecular weight excluding hydrogens is 246 g/mol. The maximum absolute atomic E-state index is 11.5. The van der Waals surface area contributed by atoms with Crippen LogP contribution in [0.15, 0.2) is 0 Å². The predicted molar refractivity (Wildman–Crippen MR) is 62.7 cm³/mol. The smallest absolute Gasteiger partial charge is 0.421 e. The Kier molecular flexibility index (Phi) is 5.16. The Balaban J connectivity index is 2.45. The van der Waals surface area contributed by atoms with E-state index in [4.69, 9.17) is 0 Å². The maximum Gasteiger partial charge on any atom is 0.421 e. The van der Waals surface area contributed by atoms with Crippen LogP contribution in [-0.2, 0) is 14.9 Å². The van der Waals surface area contributed by atoms with Crippen molar-refractivity contribution in [1.29, 1.82) is 0 Å². The number of hydrogen-bond donors (Lipinski definition) is 3. The van der Waals surface area contributed by atoms with Crippen LogP contribution in [0.1, 0.15) is 20.3 Å². The summed E-state index contributed by atoms with van der Waals surface area (Å²) < 4.78 is 31.8. The lowest BCUT2D eigenvalue weighted by molar-refractivity contribution is 0.158. The van der Waals surface area contributed by atoms with Gasteiger partial charge in [-0.15, -0.1) is 0 Å². The number of carbonyl (C=O) groups excluding carboxylic acids is 1. The van der Waals surface area contributed by atoms with E-state index in [-0.39, 0.29) is 12.6 Å². The highest BCUT2D eigenvalue weighted by molar-refractivity contribution is 7.88. The Morgan fingerprint density at radius 3 is 2.76 bits per heavy atom. The zero-order valence-corrected chi connectivity index (χ0v) is 10.8. The highest BCUT2D eigenvalue weighted by Crippen LogP contribution is 2.09. The first-order valence-corrected chi connectivity index (χ1v) is 7.08. The first-order valence-electron chi connectivity index (χ1n) is 5.60. The summed E-state index contributed by atoms with van der Waals surface area (Å²) in [5, 5.41) is 3.11. The van der Waals surface area contributed by atoms with Crippen LogP contribution >= 0.6 is 0 Å². The minimum atomic E-state index is -3.84. The third kappa shape index (κ3) is 5.33. The standard InChI is InChI=1S/C9H19N3O4S/c1-3-16-9(13)12-17(14,15)11-8-4-7(2)5-10-6-8/h7-8,10-11H,3-6H2,1-2H3,(H,12,13). The minimum absolute atomic E-state index is 0.128. The van der Waals surface area contributed by atoms with Gasteiger partial charge in [0, 0.05) is 12.6 Å². The Morgan fingerprint density at radius 2 is 2.18 bits per heavy atom. The van der Waals surface area contributed by atoms with Crippen molar-refractivity contribution in [3.63, 3.8) is 0 Å². The average Bonchev–Trinajstić information content (AvgIpc) is 2.15. The topological polar surface area (TPSA) is 96.5 Å². The number of hydrogen-bond acceptors (Lipinski definition) is 5. The molecule has 0 spiro atoms. The lowest BCUT2D eigenvalue weighted by Crippen LogP contribution is -2.52. The van der Waals surface area contributed by atoms with Gasteiger partial charge in [-0.05, 0) is 25.8 Å². The summed E-state index contributed by atoms with van der Waals surface area (Å²) in [6, 6.07) is -0.203. The molecule has 0 radical (unpaired) electrons. The second-order valence-electron chi connectivity index (χ2n) is 4.14. The summed E-state index contributed by atoms with van der Waals surface area (Å²) in [5.41, 5.74) is 0. The molecule has 1 fully saturated rings. The van der Waals surface area contributed by atoms with Crippen molar-refractivity contribution in [2.45, 2.75) is 26.3 Å². The lowest BCUT2D eigenvalue weighted by Gasteiger charge is -2.27. The zero-order valence-electron chi connectivity index (χ0n) is 10.0. The van der Waals surface area contributed by atoms with E-state index in [1.807, 2.05) is 6.92 Å². The van der Waals surface area contributed by atoms with Crippen LogP contribution in [-0.4, -0.2) is 40.2 Å². The molecule has 0 aromatic heterocycles. The van der Waals surface area contributed by atoms with E-state index < -0.39 is 16.3 Å². The normalized spacial score (nSPS) is 25.3. The van der Waals surface area contributed by atoms with Gasteiger partial charge in [0.05, 0.1) is 6.61 Å². The molecule has 0 bridgehead atoms. The van der Waals surface area contributed by atoms with Crippen molar-refractivity contribution in [2.24, 2.45) is 5.92 Å². The van der Waals surface area contributed by atoms with Crippen LogP contribution in [0, 0.1) is 5.92 Å². The molecule has 1 aliphatic heterocycles. The van der Waals surface area contributed by atoms with Gasteiger partial charge in [-0.3, -0.25) is 0 Å². The maximum atomic E-state index is 11.5. The third-order valence-electron chi connectivity index (χ3n) is 2.39. The Morgan fingerprint density at radius 1 is 1.47 bits per heavy atom. The summed E-state index contributed by atoms with van der Waals surface area (Å²) in [5.74, 6) is 0.402. The fourth-order valence-electron chi connectivity index (χ4n) is 1.77. The quantitative estimate of drug-likeness (QED) is 0.640. The van der Waals surface area contributed by atoms with Gasteiger partial charge >= 0.3 is 16.3 Å². The molecule has 7 nitrogen and oxygen atoms in total. The van der Waals surface area contributed by atoms with Gasteiger partial charge in [-0.1, -0.05) is 6.92 Å². The van der Waals surface area contributed by atoms with Crippen LogP contribution in [0.5, 0.6) is 0 Å². The molecule has 1 aliphatic rings. The van der Waals surface area contributed by atoms with Gasteiger partial charge in [0.2, 0.25) is 0 Å². The van der Waals surface area contributed by atoms with Crippen molar-refractivity contribution in [3.05, 3.63) is 0 Å². The molecule has 0 aromatic rings. The third-order valence-corrected chi connectivity index (χ3v) is 3.46. The largest absolute Gasteiger partial charge is 0.449 e. The van der Waals surface area contributed by atoms with E-state index in [1.165, 1.54) is 0 Å². The first-order chi connectivity index (χ1) is 7.93.